The Morgan fingerprint density at radius 3 is 2.85 bits per heavy atom. The van der Waals surface area contributed by atoms with Crippen LogP contribution in [0.1, 0.15) is 20.3 Å². The predicted octanol–water partition coefficient (Wildman–Crippen LogP) is 1.55. The van der Waals surface area contributed by atoms with Crippen LogP contribution in [0.3, 0.4) is 0 Å². The lowest BCUT2D eigenvalue weighted by Crippen LogP contribution is -2.35. The zero-order chi connectivity index (χ0) is 9.42. The molecule has 13 heavy (non-hydrogen) atoms. The molecule has 0 amide bonds. The molecule has 2 unspecified atom stereocenters. The molecule has 2 heteroatoms. The summed E-state index contributed by atoms with van der Waals surface area (Å²) in [5.74, 6) is 0.890. The van der Waals surface area contributed by atoms with E-state index in [-0.39, 0.29) is 0 Å². The van der Waals surface area contributed by atoms with Gasteiger partial charge in [0.15, 0.2) is 0 Å². The fraction of sp³-hybridized carbons (Fsp3) is 0.818. The van der Waals surface area contributed by atoms with Gasteiger partial charge in [-0.3, -0.25) is 4.90 Å². The monoisotopic (exact) mass is 180 g/mol. The van der Waals surface area contributed by atoms with E-state index in [2.05, 4.69) is 30.2 Å². The summed E-state index contributed by atoms with van der Waals surface area (Å²) >= 11 is 0. The first-order chi connectivity index (χ1) is 6.16. The van der Waals surface area contributed by atoms with E-state index in [1.165, 1.54) is 31.8 Å². The highest BCUT2D eigenvalue weighted by Crippen LogP contribution is 2.25. The maximum atomic E-state index is 4.18. The second-order valence-corrected chi connectivity index (χ2v) is 4.70. The van der Waals surface area contributed by atoms with Crippen LogP contribution >= 0.6 is 0 Å². The molecule has 2 atom stereocenters. The summed E-state index contributed by atoms with van der Waals surface area (Å²) in [5.41, 5.74) is 1.32. The predicted molar refractivity (Wildman–Crippen MR) is 55.5 cm³/mol. The highest BCUT2D eigenvalue weighted by molar-refractivity contribution is 5.03. The Kier molecular flexibility index (Phi) is 2.33. The molecule has 0 aromatic carbocycles. The normalized spacial score (nSPS) is 34.1. The molecule has 2 rings (SSSR count). The van der Waals surface area contributed by atoms with E-state index >= 15 is 0 Å². The van der Waals surface area contributed by atoms with Gasteiger partial charge in [-0.25, -0.2) is 0 Å². The number of nitrogens with zero attached hydrogens (tertiary/aromatic N) is 2. The topological polar surface area (TPSA) is 6.48 Å². The van der Waals surface area contributed by atoms with Crippen molar-refractivity contribution in [2.75, 3.05) is 26.2 Å². The lowest BCUT2D eigenvalue weighted by atomic mass is 10.1. The van der Waals surface area contributed by atoms with Gasteiger partial charge in [-0.2, -0.15) is 0 Å². The third kappa shape index (κ3) is 1.73. The summed E-state index contributed by atoms with van der Waals surface area (Å²) in [6.07, 6.45) is 1.39. The minimum Gasteiger partial charge on any atom is -0.371 e. The van der Waals surface area contributed by atoms with Crippen molar-refractivity contribution in [1.82, 2.24) is 9.80 Å². The van der Waals surface area contributed by atoms with Gasteiger partial charge >= 0.3 is 0 Å². The number of fused-ring (bicyclic) bond motifs is 2. The number of hydrogen-bond acceptors (Lipinski definition) is 2. The van der Waals surface area contributed by atoms with Crippen LogP contribution in [0, 0.1) is 5.92 Å². The fourth-order valence-corrected chi connectivity index (χ4v) is 2.54. The molecule has 2 aliphatic heterocycles. The van der Waals surface area contributed by atoms with Gasteiger partial charge < -0.3 is 4.90 Å². The van der Waals surface area contributed by atoms with Gasteiger partial charge in [-0.1, -0.05) is 6.58 Å². The van der Waals surface area contributed by atoms with Gasteiger partial charge in [0, 0.05) is 31.4 Å². The van der Waals surface area contributed by atoms with Crippen molar-refractivity contribution in [3.63, 3.8) is 0 Å². The zero-order valence-electron chi connectivity index (χ0n) is 8.79. The lowest BCUT2D eigenvalue weighted by molar-refractivity contribution is 0.246. The van der Waals surface area contributed by atoms with Crippen LogP contribution in [0.25, 0.3) is 0 Å². The Bertz CT molecular complexity index is 210. The van der Waals surface area contributed by atoms with E-state index in [0.717, 1.165) is 12.5 Å². The van der Waals surface area contributed by atoms with Gasteiger partial charge in [0.2, 0.25) is 0 Å². The Hall–Kier alpha value is -0.500. The summed E-state index contributed by atoms with van der Waals surface area (Å²) in [6, 6.07) is 0.619. The minimum atomic E-state index is 0.619. The van der Waals surface area contributed by atoms with E-state index in [1.54, 1.807) is 0 Å². The van der Waals surface area contributed by atoms with Crippen molar-refractivity contribution < 1.29 is 0 Å². The van der Waals surface area contributed by atoms with E-state index in [0.29, 0.717) is 6.04 Å². The molecule has 0 spiro atoms. The molecule has 0 aliphatic carbocycles. The first kappa shape index (κ1) is 9.07. The van der Waals surface area contributed by atoms with Crippen LogP contribution in [0.5, 0.6) is 0 Å². The van der Waals surface area contributed by atoms with Crippen LogP contribution in [-0.2, 0) is 0 Å². The molecule has 74 valence electrons. The molecule has 0 N–H and O–H groups in total. The highest BCUT2D eigenvalue weighted by Gasteiger charge is 2.30. The summed E-state index contributed by atoms with van der Waals surface area (Å²) in [6.45, 7) is 13.6. The van der Waals surface area contributed by atoms with Crippen molar-refractivity contribution in [3.05, 3.63) is 12.3 Å². The largest absolute Gasteiger partial charge is 0.371 e. The molecule has 0 aromatic rings. The van der Waals surface area contributed by atoms with Crippen molar-refractivity contribution in [1.29, 1.82) is 0 Å². The van der Waals surface area contributed by atoms with Crippen LogP contribution < -0.4 is 0 Å². The molecule has 2 saturated heterocycles. The summed E-state index contributed by atoms with van der Waals surface area (Å²) in [5, 5.41) is 0. The number of hydrogen-bond donors (Lipinski definition) is 0. The molecule has 0 aromatic heterocycles. The standard InChI is InChI=1S/C11H20N2/c1-9(2)13-8-11-4-5-12(7-11)6-10(13)3/h9,11H,3-8H2,1-2H3. The molecule has 2 bridgehead atoms. The van der Waals surface area contributed by atoms with Crippen molar-refractivity contribution in [3.8, 4) is 0 Å². The lowest BCUT2D eigenvalue weighted by Gasteiger charge is -2.32. The summed E-state index contributed by atoms with van der Waals surface area (Å²) in [4.78, 5) is 5.01. The molecule has 0 radical (unpaired) electrons. The van der Waals surface area contributed by atoms with Gasteiger partial charge in [-0.05, 0) is 32.7 Å². The van der Waals surface area contributed by atoms with Gasteiger partial charge in [0.05, 0.1) is 0 Å². The Labute approximate surface area is 81.2 Å². The molecular weight excluding hydrogens is 160 g/mol. The zero-order valence-corrected chi connectivity index (χ0v) is 8.79. The first-order valence-corrected chi connectivity index (χ1v) is 5.33. The maximum absolute atomic E-state index is 4.18. The molecule has 2 heterocycles. The van der Waals surface area contributed by atoms with Crippen LogP contribution in [0.2, 0.25) is 0 Å². The molecule has 2 nitrogen and oxygen atoms in total. The van der Waals surface area contributed by atoms with Crippen LogP contribution in [0.4, 0.5) is 0 Å². The van der Waals surface area contributed by atoms with E-state index in [1.807, 2.05) is 0 Å². The summed E-state index contributed by atoms with van der Waals surface area (Å²) in [7, 11) is 0. The van der Waals surface area contributed by atoms with Crippen molar-refractivity contribution in [2.45, 2.75) is 26.3 Å². The third-order valence-electron chi connectivity index (χ3n) is 3.26. The van der Waals surface area contributed by atoms with Crippen LogP contribution in [-0.4, -0.2) is 42.0 Å². The Morgan fingerprint density at radius 2 is 2.15 bits per heavy atom. The van der Waals surface area contributed by atoms with Gasteiger partial charge in [-0.15, -0.1) is 0 Å². The SMILES string of the molecule is C=C1CN2CCC(C2)CN1C(C)C. The fourth-order valence-electron chi connectivity index (χ4n) is 2.54. The van der Waals surface area contributed by atoms with E-state index < -0.39 is 0 Å². The third-order valence-corrected chi connectivity index (χ3v) is 3.26. The number of rotatable bonds is 1. The van der Waals surface area contributed by atoms with Crippen molar-refractivity contribution in [2.24, 2.45) is 5.92 Å². The second kappa shape index (κ2) is 3.33. The smallest absolute Gasteiger partial charge is 0.0378 e. The quantitative estimate of drug-likeness (QED) is 0.604. The van der Waals surface area contributed by atoms with E-state index in [9.17, 15) is 0 Å². The highest BCUT2D eigenvalue weighted by atomic mass is 15.3. The molecule has 2 aliphatic rings. The van der Waals surface area contributed by atoms with Gasteiger partial charge in [0.25, 0.3) is 0 Å². The summed E-state index contributed by atoms with van der Waals surface area (Å²) < 4.78 is 0. The Balaban J connectivity index is 2.09. The van der Waals surface area contributed by atoms with Crippen LogP contribution in [0.15, 0.2) is 12.3 Å². The second-order valence-electron chi connectivity index (χ2n) is 4.70. The molecule has 0 saturated carbocycles. The average Bonchev–Trinajstić information content (AvgIpc) is 2.38. The average molecular weight is 180 g/mol. The Morgan fingerprint density at radius 1 is 1.38 bits per heavy atom. The molecular formula is C11H20N2. The van der Waals surface area contributed by atoms with E-state index in [4.69, 9.17) is 0 Å². The van der Waals surface area contributed by atoms with Gasteiger partial charge in [0.1, 0.15) is 0 Å². The molecule has 2 fully saturated rings. The maximum Gasteiger partial charge on any atom is 0.0378 e. The van der Waals surface area contributed by atoms with Crippen molar-refractivity contribution >= 4 is 0 Å². The minimum absolute atomic E-state index is 0.619. The first-order valence-electron chi connectivity index (χ1n) is 5.33.